The monoisotopic (exact) mass is 263 g/mol. The van der Waals surface area contributed by atoms with Crippen LogP contribution in [0.2, 0.25) is 0 Å². The van der Waals surface area contributed by atoms with Crippen molar-refractivity contribution in [3.63, 3.8) is 0 Å². The molecular formula is C8H8F3N5S. The topological polar surface area (TPSA) is 55.1 Å². The third-order valence-electron chi connectivity index (χ3n) is 2.62. The van der Waals surface area contributed by atoms with Crippen LogP contribution in [0.3, 0.4) is 0 Å². The largest absolute Gasteiger partial charge is 0.453 e. The van der Waals surface area contributed by atoms with Gasteiger partial charge in [0, 0.05) is 0 Å². The van der Waals surface area contributed by atoms with Crippen LogP contribution in [0.1, 0.15) is 29.7 Å². The second-order valence-electron chi connectivity index (χ2n) is 3.80. The Bertz CT molecular complexity index is 539. The molecule has 1 unspecified atom stereocenters. The van der Waals surface area contributed by atoms with Gasteiger partial charge in [-0.2, -0.15) is 22.8 Å². The van der Waals surface area contributed by atoms with Crippen molar-refractivity contribution in [3.05, 3.63) is 10.8 Å². The summed E-state index contributed by atoms with van der Waals surface area (Å²) in [5.74, 6) is -1.06. The van der Waals surface area contributed by atoms with Gasteiger partial charge in [0.1, 0.15) is 5.01 Å². The van der Waals surface area contributed by atoms with Crippen LogP contribution in [-0.2, 0) is 6.18 Å². The van der Waals surface area contributed by atoms with Crippen LogP contribution in [0.15, 0.2) is 0 Å². The van der Waals surface area contributed by atoms with E-state index in [1.165, 1.54) is 0 Å². The summed E-state index contributed by atoms with van der Waals surface area (Å²) in [5.41, 5.74) is 0. The number of hydrogen-bond donors (Lipinski definition) is 1. The van der Waals surface area contributed by atoms with Gasteiger partial charge in [-0.25, -0.2) is 0 Å². The molecular weight excluding hydrogens is 255 g/mol. The van der Waals surface area contributed by atoms with E-state index in [1.807, 2.05) is 0 Å². The van der Waals surface area contributed by atoms with E-state index in [0.29, 0.717) is 5.01 Å². The highest BCUT2D eigenvalue weighted by Crippen LogP contribution is 2.31. The van der Waals surface area contributed by atoms with Crippen molar-refractivity contribution in [2.45, 2.75) is 25.1 Å². The van der Waals surface area contributed by atoms with E-state index in [2.05, 4.69) is 20.6 Å². The highest BCUT2D eigenvalue weighted by atomic mass is 32.1. The molecule has 0 radical (unpaired) electrons. The summed E-state index contributed by atoms with van der Waals surface area (Å²) in [6, 6.07) is 0.0442. The van der Waals surface area contributed by atoms with Crippen LogP contribution in [0.25, 0.3) is 4.96 Å². The fraction of sp³-hybridized carbons (Fsp3) is 0.625. The van der Waals surface area contributed by atoms with Crippen LogP contribution >= 0.6 is 11.3 Å². The third kappa shape index (κ3) is 1.78. The molecule has 1 saturated heterocycles. The maximum atomic E-state index is 12.6. The fourth-order valence-electron chi connectivity index (χ4n) is 1.84. The van der Waals surface area contributed by atoms with E-state index in [0.717, 1.165) is 35.2 Å². The molecule has 1 fully saturated rings. The van der Waals surface area contributed by atoms with Crippen LogP contribution in [-0.4, -0.2) is 26.4 Å². The van der Waals surface area contributed by atoms with Crippen molar-refractivity contribution < 1.29 is 13.2 Å². The van der Waals surface area contributed by atoms with E-state index in [9.17, 15) is 13.2 Å². The molecule has 0 amide bonds. The lowest BCUT2D eigenvalue weighted by Gasteiger charge is -2.04. The Morgan fingerprint density at radius 3 is 2.82 bits per heavy atom. The highest BCUT2D eigenvalue weighted by Gasteiger charge is 2.38. The lowest BCUT2D eigenvalue weighted by Crippen LogP contribution is -2.15. The zero-order chi connectivity index (χ0) is 12.0. The summed E-state index contributed by atoms with van der Waals surface area (Å²) < 4.78 is 38.5. The molecule has 0 aliphatic carbocycles. The molecule has 0 bridgehead atoms. The first-order chi connectivity index (χ1) is 8.05. The molecule has 1 atom stereocenters. The Labute approximate surface area is 97.7 Å². The second-order valence-corrected chi connectivity index (χ2v) is 4.79. The Morgan fingerprint density at radius 2 is 2.18 bits per heavy atom. The average molecular weight is 263 g/mol. The van der Waals surface area contributed by atoms with Crippen LogP contribution in [0.5, 0.6) is 0 Å². The number of rotatable bonds is 1. The lowest BCUT2D eigenvalue weighted by atomic mass is 10.2. The summed E-state index contributed by atoms with van der Waals surface area (Å²) in [7, 11) is 0. The number of fused-ring (bicyclic) bond motifs is 1. The minimum absolute atomic E-state index is 0.0442. The number of nitrogens with one attached hydrogen (secondary N) is 1. The predicted molar refractivity (Wildman–Crippen MR) is 53.6 cm³/mol. The molecule has 3 heterocycles. The van der Waals surface area contributed by atoms with Crippen LogP contribution in [0.4, 0.5) is 13.2 Å². The first kappa shape index (κ1) is 10.9. The zero-order valence-electron chi connectivity index (χ0n) is 8.53. The number of aromatic nitrogens is 4. The Kier molecular flexibility index (Phi) is 2.33. The average Bonchev–Trinajstić information content (AvgIpc) is 2.90. The maximum absolute atomic E-state index is 12.6. The molecule has 9 heteroatoms. The fourth-order valence-corrected chi connectivity index (χ4v) is 2.79. The minimum atomic E-state index is -4.52. The quantitative estimate of drug-likeness (QED) is 0.849. The molecule has 2 aromatic heterocycles. The number of halogens is 3. The van der Waals surface area contributed by atoms with Gasteiger partial charge < -0.3 is 5.32 Å². The number of hydrogen-bond acceptors (Lipinski definition) is 5. The van der Waals surface area contributed by atoms with Crippen molar-refractivity contribution in [1.82, 2.24) is 25.1 Å². The van der Waals surface area contributed by atoms with E-state index >= 15 is 0 Å². The summed E-state index contributed by atoms with van der Waals surface area (Å²) in [5, 5.41) is 14.4. The lowest BCUT2D eigenvalue weighted by molar-refractivity contribution is -0.146. The highest BCUT2D eigenvalue weighted by molar-refractivity contribution is 7.16. The van der Waals surface area contributed by atoms with Crippen molar-refractivity contribution in [3.8, 4) is 0 Å². The number of alkyl halides is 3. The van der Waals surface area contributed by atoms with Crippen LogP contribution in [0, 0.1) is 0 Å². The van der Waals surface area contributed by atoms with Gasteiger partial charge in [-0.3, -0.25) is 0 Å². The summed E-state index contributed by atoms with van der Waals surface area (Å²) in [6.07, 6.45) is -2.61. The van der Waals surface area contributed by atoms with E-state index < -0.39 is 12.0 Å². The third-order valence-corrected chi connectivity index (χ3v) is 3.63. The molecule has 2 aromatic rings. The molecule has 1 aliphatic heterocycles. The SMILES string of the molecule is FC(F)(F)c1nnc2sc(C3CCCN3)nn12. The Morgan fingerprint density at radius 1 is 1.35 bits per heavy atom. The first-order valence-corrected chi connectivity index (χ1v) is 5.90. The Hall–Kier alpha value is -1.22. The van der Waals surface area contributed by atoms with Crippen molar-refractivity contribution in [1.29, 1.82) is 0 Å². The molecule has 0 aromatic carbocycles. The number of nitrogens with zero attached hydrogens (tertiary/aromatic N) is 4. The van der Waals surface area contributed by atoms with Gasteiger partial charge in [0.25, 0.3) is 5.82 Å². The van der Waals surface area contributed by atoms with E-state index in [4.69, 9.17) is 0 Å². The second kappa shape index (κ2) is 3.64. The van der Waals surface area contributed by atoms with Gasteiger partial charge >= 0.3 is 6.18 Å². The predicted octanol–water partition coefficient (Wildman–Crippen LogP) is 1.63. The minimum Gasteiger partial charge on any atom is -0.308 e. The smallest absolute Gasteiger partial charge is 0.308 e. The van der Waals surface area contributed by atoms with E-state index in [-0.39, 0.29) is 11.0 Å². The van der Waals surface area contributed by atoms with Crippen molar-refractivity contribution >= 4 is 16.3 Å². The standard InChI is InChI=1S/C8H8F3N5S/c9-8(10,11)6-13-14-7-16(6)15-5(17-7)4-2-1-3-12-4/h4,12H,1-3H2. The Balaban J connectivity index is 2.04. The van der Waals surface area contributed by atoms with Crippen molar-refractivity contribution in [2.24, 2.45) is 0 Å². The van der Waals surface area contributed by atoms with Gasteiger partial charge in [0.15, 0.2) is 0 Å². The maximum Gasteiger partial charge on any atom is 0.453 e. The molecule has 0 saturated carbocycles. The normalized spacial score (nSPS) is 21.5. The molecule has 1 aliphatic rings. The summed E-state index contributed by atoms with van der Waals surface area (Å²) >= 11 is 1.15. The molecule has 3 rings (SSSR count). The van der Waals surface area contributed by atoms with Crippen LogP contribution < -0.4 is 5.32 Å². The van der Waals surface area contributed by atoms with Gasteiger partial charge in [-0.15, -0.1) is 10.2 Å². The molecule has 5 nitrogen and oxygen atoms in total. The zero-order valence-corrected chi connectivity index (χ0v) is 9.35. The molecule has 0 spiro atoms. The summed E-state index contributed by atoms with van der Waals surface area (Å²) in [4.78, 5) is 0.182. The van der Waals surface area contributed by atoms with Gasteiger partial charge in [-0.1, -0.05) is 11.3 Å². The molecule has 92 valence electrons. The van der Waals surface area contributed by atoms with Gasteiger partial charge in [-0.05, 0) is 19.4 Å². The first-order valence-electron chi connectivity index (χ1n) is 5.08. The van der Waals surface area contributed by atoms with Gasteiger partial charge in [0.2, 0.25) is 4.96 Å². The summed E-state index contributed by atoms with van der Waals surface area (Å²) in [6.45, 7) is 0.872. The van der Waals surface area contributed by atoms with Crippen molar-refractivity contribution in [2.75, 3.05) is 6.54 Å². The molecule has 17 heavy (non-hydrogen) atoms. The van der Waals surface area contributed by atoms with Gasteiger partial charge in [0.05, 0.1) is 6.04 Å². The van der Waals surface area contributed by atoms with E-state index in [1.54, 1.807) is 0 Å². The molecule has 1 N–H and O–H groups in total.